The van der Waals surface area contributed by atoms with Crippen molar-refractivity contribution in [2.75, 3.05) is 24.9 Å². The van der Waals surface area contributed by atoms with Crippen LogP contribution in [0.2, 0.25) is 0 Å². The van der Waals surface area contributed by atoms with Gasteiger partial charge in [0.05, 0.1) is 36.9 Å². The van der Waals surface area contributed by atoms with E-state index in [1.165, 1.54) is 23.9 Å². The maximum atomic E-state index is 12.7. The van der Waals surface area contributed by atoms with E-state index in [9.17, 15) is 19.7 Å². The Balaban J connectivity index is 1.60. The second kappa shape index (κ2) is 8.85. The Morgan fingerprint density at radius 1 is 1.18 bits per heavy atom. The summed E-state index contributed by atoms with van der Waals surface area (Å²) in [5.41, 5.74) is 3.01. The van der Waals surface area contributed by atoms with E-state index in [4.69, 9.17) is 9.47 Å². The maximum Gasteiger partial charge on any atom is 0.271 e. The quantitative estimate of drug-likeness (QED) is 0.401. The van der Waals surface area contributed by atoms with Gasteiger partial charge in [-0.25, -0.2) is 4.68 Å². The number of amides is 2. The Morgan fingerprint density at radius 3 is 2.59 bits per heavy atom. The average Bonchev–Trinajstić information content (AvgIpc) is 3.27. The van der Waals surface area contributed by atoms with Crippen LogP contribution in [0.3, 0.4) is 0 Å². The van der Waals surface area contributed by atoms with Crippen molar-refractivity contribution in [2.24, 2.45) is 0 Å². The Morgan fingerprint density at radius 2 is 1.91 bits per heavy atom. The van der Waals surface area contributed by atoms with E-state index >= 15 is 0 Å². The standard InChI is InChI=1S/C23H23N5O6/c1-12-5-7-15(28(31)32)10-16(12)24-20(29)11-17-23(30)25-22-21(13(2)26-27(17)22)14-6-8-18(33-3)19(9-14)34-4/h5-10,17H,11H2,1-4H3,(H,24,29)(H,25,30). The summed E-state index contributed by atoms with van der Waals surface area (Å²) in [5.74, 6) is 0.765. The monoisotopic (exact) mass is 465 g/mol. The van der Waals surface area contributed by atoms with E-state index < -0.39 is 16.9 Å². The summed E-state index contributed by atoms with van der Waals surface area (Å²) in [6.45, 7) is 3.54. The molecule has 2 N–H and O–H groups in total. The SMILES string of the molecule is COc1ccc(-c2c(C)nn3c2NC(=O)C3CC(=O)Nc2cc([N+](=O)[O-])ccc2C)cc1OC. The zero-order chi connectivity index (χ0) is 24.6. The minimum Gasteiger partial charge on any atom is -0.493 e. The van der Waals surface area contributed by atoms with E-state index in [-0.39, 0.29) is 18.0 Å². The molecule has 1 aliphatic rings. The fraction of sp³-hybridized carbons (Fsp3) is 0.261. The van der Waals surface area contributed by atoms with Crippen LogP contribution in [0.25, 0.3) is 11.1 Å². The van der Waals surface area contributed by atoms with Crippen LogP contribution in [0, 0.1) is 24.0 Å². The van der Waals surface area contributed by atoms with Crippen molar-refractivity contribution >= 4 is 29.0 Å². The lowest BCUT2D eigenvalue weighted by Gasteiger charge is -2.11. The topological polar surface area (TPSA) is 138 Å². The first kappa shape index (κ1) is 22.8. The van der Waals surface area contributed by atoms with E-state index in [0.717, 1.165) is 5.56 Å². The number of fused-ring (bicyclic) bond motifs is 1. The molecule has 11 nitrogen and oxygen atoms in total. The third kappa shape index (κ3) is 4.03. The van der Waals surface area contributed by atoms with E-state index in [1.54, 1.807) is 32.2 Å². The van der Waals surface area contributed by atoms with E-state index in [2.05, 4.69) is 15.7 Å². The first-order valence-electron chi connectivity index (χ1n) is 10.4. The number of rotatable bonds is 7. The molecule has 3 aromatic rings. The zero-order valence-corrected chi connectivity index (χ0v) is 19.0. The lowest BCUT2D eigenvalue weighted by molar-refractivity contribution is -0.384. The largest absolute Gasteiger partial charge is 0.493 e. The second-order valence-electron chi connectivity index (χ2n) is 7.84. The summed E-state index contributed by atoms with van der Waals surface area (Å²) in [6.07, 6.45) is -0.187. The highest BCUT2D eigenvalue weighted by molar-refractivity contribution is 6.04. The number of hydrogen-bond acceptors (Lipinski definition) is 7. The number of nitrogens with zero attached hydrogens (tertiary/aromatic N) is 3. The van der Waals surface area contributed by atoms with Crippen molar-refractivity contribution in [3.8, 4) is 22.6 Å². The van der Waals surface area contributed by atoms with Gasteiger partial charge in [-0.2, -0.15) is 5.10 Å². The predicted molar refractivity (Wildman–Crippen MR) is 124 cm³/mol. The maximum absolute atomic E-state index is 12.7. The van der Waals surface area contributed by atoms with Gasteiger partial charge in [0.15, 0.2) is 11.5 Å². The van der Waals surface area contributed by atoms with Gasteiger partial charge < -0.3 is 20.1 Å². The molecule has 2 amide bonds. The molecule has 34 heavy (non-hydrogen) atoms. The molecule has 1 aromatic heterocycles. The molecule has 0 radical (unpaired) electrons. The third-order valence-corrected chi connectivity index (χ3v) is 5.68. The number of nitrogens with one attached hydrogen (secondary N) is 2. The predicted octanol–water partition coefficient (Wildman–Crippen LogP) is 3.61. The van der Waals surface area contributed by atoms with Crippen LogP contribution in [-0.2, 0) is 9.59 Å². The highest BCUT2D eigenvalue weighted by atomic mass is 16.6. The summed E-state index contributed by atoms with van der Waals surface area (Å²) >= 11 is 0. The average molecular weight is 465 g/mol. The van der Waals surface area contributed by atoms with Crippen molar-refractivity contribution in [3.05, 3.63) is 57.8 Å². The number of aryl methyl sites for hydroxylation is 2. The molecule has 1 aliphatic heterocycles. The number of methoxy groups -OCH3 is 2. The molecule has 0 saturated heterocycles. The van der Waals surface area contributed by atoms with Gasteiger partial charge in [0, 0.05) is 17.7 Å². The fourth-order valence-corrected chi connectivity index (χ4v) is 3.96. The molecule has 4 rings (SSSR count). The normalized spacial score (nSPS) is 14.4. The van der Waals surface area contributed by atoms with Gasteiger partial charge in [0.25, 0.3) is 11.6 Å². The Labute approximate surface area is 194 Å². The molecule has 176 valence electrons. The molecule has 1 atom stereocenters. The van der Waals surface area contributed by atoms with Crippen molar-refractivity contribution in [1.29, 1.82) is 0 Å². The van der Waals surface area contributed by atoms with Crippen LogP contribution in [-0.4, -0.2) is 40.7 Å². The lowest BCUT2D eigenvalue weighted by Crippen LogP contribution is -2.24. The van der Waals surface area contributed by atoms with Crippen molar-refractivity contribution in [3.63, 3.8) is 0 Å². The zero-order valence-electron chi connectivity index (χ0n) is 19.0. The Kier molecular flexibility index (Phi) is 5.93. The van der Waals surface area contributed by atoms with E-state index in [1.807, 2.05) is 13.0 Å². The molecule has 11 heteroatoms. The smallest absolute Gasteiger partial charge is 0.271 e. The summed E-state index contributed by atoms with van der Waals surface area (Å²) in [4.78, 5) is 36.0. The summed E-state index contributed by atoms with van der Waals surface area (Å²) in [6, 6.07) is 8.75. The number of non-ortho nitro benzene ring substituents is 1. The molecule has 1 unspecified atom stereocenters. The van der Waals surface area contributed by atoms with Gasteiger partial charge in [-0.3, -0.25) is 19.7 Å². The minimum atomic E-state index is -0.860. The molecular weight excluding hydrogens is 442 g/mol. The Hall–Kier alpha value is -4.41. The van der Waals surface area contributed by atoms with Crippen molar-refractivity contribution in [2.45, 2.75) is 26.3 Å². The fourth-order valence-electron chi connectivity index (χ4n) is 3.96. The first-order chi connectivity index (χ1) is 16.2. The van der Waals surface area contributed by atoms with Crippen molar-refractivity contribution in [1.82, 2.24) is 9.78 Å². The minimum absolute atomic E-state index is 0.135. The second-order valence-corrected chi connectivity index (χ2v) is 7.84. The number of carbonyl (C=O) groups excluding carboxylic acids is 2. The molecule has 0 aliphatic carbocycles. The number of anilines is 2. The van der Waals surface area contributed by atoms with Gasteiger partial charge in [-0.05, 0) is 37.1 Å². The molecule has 2 heterocycles. The molecule has 0 spiro atoms. The first-order valence-corrected chi connectivity index (χ1v) is 10.4. The highest BCUT2D eigenvalue weighted by Crippen LogP contribution is 2.41. The van der Waals surface area contributed by atoms with Crippen LogP contribution in [0.4, 0.5) is 17.2 Å². The van der Waals surface area contributed by atoms with Gasteiger partial charge in [0.1, 0.15) is 11.9 Å². The molecule has 0 fully saturated rings. The summed E-state index contributed by atoms with van der Waals surface area (Å²) in [7, 11) is 3.09. The van der Waals surface area contributed by atoms with Crippen LogP contribution < -0.4 is 20.1 Å². The van der Waals surface area contributed by atoms with Gasteiger partial charge in [-0.1, -0.05) is 12.1 Å². The molecule has 0 bridgehead atoms. The third-order valence-electron chi connectivity index (χ3n) is 5.68. The number of nitro groups is 1. The number of ether oxygens (including phenoxy) is 2. The molecule has 0 saturated carbocycles. The van der Waals surface area contributed by atoms with Gasteiger partial charge >= 0.3 is 0 Å². The summed E-state index contributed by atoms with van der Waals surface area (Å²) in [5, 5.41) is 21.1. The van der Waals surface area contributed by atoms with Crippen LogP contribution >= 0.6 is 0 Å². The number of nitro benzene ring substituents is 1. The number of carbonyl (C=O) groups is 2. The van der Waals surface area contributed by atoms with Crippen molar-refractivity contribution < 1.29 is 24.0 Å². The van der Waals surface area contributed by atoms with E-state index in [0.29, 0.717) is 39.8 Å². The summed E-state index contributed by atoms with van der Waals surface area (Å²) < 4.78 is 12.2. The number of aromatic nitrogens is 2. The Bertz CT molecular complexity index is 1320. The van der Waals surface area contributed by atoms with Crippen LogP contribution in [0.5, 0.6) is 11.5 Å². The highest BCUT2D eigenvalue weighted by Gasteiger charge is 2.36. The number of hydrogen-bond donors (Lipinski definition) is 2. The number of benzene rings is 2. The van der Waals surface area contributed by atoms with Gasteiger partial charge in [-0.15, -0.1) is 0 Å². The van der Waals surface area contributed by atoms with Crippen LogP contribution in [0.1, 0.15) is 23.7 Å². The molecular formula is C23H23N5O6. The van der Waals surface area contributed by atoms with Crippen LogP contribution in [0.15, 0.2) is 36.4 Å². The lowest BCUT2D eigenvalue weighted by atomic mass is 10.1. The molecule has 2 aromatic carbocycles. The van der Waals surface area contributed by atoms with Gasteiger partial charge in [0.2, 0.25) is 5.91 Å².